The Morgan fingerprint density at radius 2 is 1.75 bits per heavy atom. The molecule has 1 rings (SSSR count). The highest BCUT2D eigenvalue weighted by atomic mass is 32.2. The Bertz CT molecular complexity index is 435. The second-order valence-electron chi connectivity index (χ2n) is 3.45. The van der Waals surface area contributed by atoms with Gasteiger partial charge in [0, 0.05) is 14.2 Å². The molecule has 5 heteroatoms. The van der Waals surface area contributed by atoms with Crippen molar-refractivity contribution in [3.8, 4) is 0 Å². The minimum absolute atomic E-state index is 0.176. The van der Waals surface area contributed by atoms with Crippen LogP contribution in [0.25, 0.3) is 0 Å². The summed E-state index contributed by atoms with van der Waals surface area (Å²) in [5.74, 6) is -0.176. The highest BCUT2D eigenvalue weighted by molar-refractivity contribution is 7.91. The molecule has 0 aromatic heterocycles. The first-order valence-corrected chi connectivity index (χ1v) is 6.50. The molecule has 0 saturated carbocycles. The molecule has 0 N–H and O–H groups in total. The number of ether oxygens (including phenoxy) is 2. The van der Waals surface area contributed by atoms with Gasteiger partial charge in [0.05, 0.1) is 4.90 Å². The highest BCUT2D eigenvalue weighted by Crippen LogP contribution is 2.17. The van der Waals surface area contributed by atoms with E-state index in [1.54, 1.807) is 31.2 Å². The molecule has 1 aromatic carbocycles. The van der Waals surface area contributed by atoms with Crippen molar-refractivity contribution in [1.29, 1.82) is 0 Å². The molecule has 0 aliphatic heterocycles. The van der Waals surface area contributed by atoms with E-state index < -0.39 is 16.1 Å². The molecule has 0 unspecified atom stereocenters. The third kappa shape index (κ3) is 3.04. The summed E-state index contributed by atoms with van der Waals surface area (Å²) >= 11 is 0. The maximum atomic E-state index is 12.0. The average molecular weight is 244 g/mol. The van der Waals surface area contributed by atoms with Crippen LogP contribution in [-0.4, -0.2) is 34.7 Å². The summed E-state index contributed by atoms with van der Waals surface area (Å²) < 4.78 is 33.8. The monoisotopic (exact) mass is 244 g/mol. The topological polar surface area (TPSA) is 52.6 Å². The Labute approximate surface area is 96.1 Å². The van der Waals surface area contributed by atoms with Crippen LogP contribution in [0.4, 0.5) is 0 Å². The Morgan fingerprint density at radius 3 is 2.25 bits per heavy atom. The fourth-order valence-electron chi connectivity index (χ4n) is 1.41. The van der Waals surface area contributed by atoms with E-state index in [1.165, 1.54) is 14.2 Å². The lowest BCUT2D eigenvalue weighted by Gasteiger charge is -2.14. The van der Waals surface area contributed by atoms with Crippen LogP contribution in [0.1, 0.15) is 5.56 Å². The molecule has 0 heterocycles. The van der Waals surface area contributed by atoms with E-state index in [0.717, 1.165) is 5.56 Å². The molecule has 90 valence electrons. The molecular weight excluding hydrogens is 228 g/mol. The molecule has 16 heavy (non-hydrogen) atoms. The number of aryl methyl sites for hydroxylation is 1. The number of methoxy groups -OCH3 is 2. The van der Waals surface area contributed by atoms with E-state index in [9.17, 15) is 8.42 Å². The zero-order valence-electron chi connectivity index (χ0n) is 9.64. The number of hydrogen-bond donors (Lipinski definition) is 0. The van der Waals surface area contributed by atoms with Crippen molar-refractivity contribution in [1.82, 2.24) is 0 Å². The maximum Gasteiger partial charge on any atom is 0.183 e. The molecule has 0 spiro atoms. The van der Waals surface area contributed by atoms with Crippen LogP contribution >= 0.6 is 0 Å². The molecule has 0 aliphatic carbocycles. The van der Waals surface area contributed by atoms with Crippen molar-refractivity contribution in [2.75, 3.05) is 20.0 Å². The first-order chi connectivity index (χ1) is 7.51. The van der Waals surface area contributed by atoms with Gasteiger partial charge < -0.3 is 9.47 Å². The molecule has 0 radical (unpaired) electrons. The molecule has 0 fully saturated rings. The zero-order valence-corrected chi connectivity index (χ0v) is 10.5. The lowest BCUT2D eigenvalue weighted by molar-refractivity contribution is -0.0851. The molecule has 0 amide bonds. The second-order valence-corrected chi connectivity index (χ2v) is 5.45. The van der Waals surface area contributed by atoms with Gasteiger partial charge >= 0.3 is 0 Å². The van der Waals surface area contributed by atoms with E-state index in [0.29, 0.717) is 4.90 Å². The fraction of sp³-hybridized carbons (Fsp3) is 0.455. The van der Waals surface area contributed by atoms with Gasteiger partial charge in [-0.3, -0.25) is 0 Å². The number of hydrogen-bond acceptors (Lipinski definition) is 4. The van der Waals surface area contributed by atoms with E-state index in [1.807, 2.05) is 0 Å². The standard InChI is InChI=1S/C11H16O4S/c1-9-6-4-5-7-10(9)16(12,13)8-11(14-2)15-3/h4-7,11H,8H2,1-3H3. The van der Waals surface area contributed by atoms with Crippen LogP contribution in [0, 0.1) is 6.92 Å². The first-order valence-electron chi connectivity index (χ1n) is 4.85. The predicted octanol–water partition coefficient (Wildman–Crippen LogP) is 1.39. The summed E-state index contributed by atoms with van der Waals surface area (Å²) in [5, 5.41) is 0. The molecule has 0 atom stereocenters. The maximum absolute atomic E-state index is 12.0. The van der Waals surface area contributed by atoms with Crippen molar-refractivity contribution in [2.24, 2.45) is 0 Å². The fourth-order valence-corrected chi connectivity index (χ4v) is 3.06. The van der Waals surface area contributed by atoms with Gasteiger partial charge in [-0.25, -0.2) is 8.42 Å². The second kappa shape index (κ2) is 5.43. The lowest BCUT2D eigenvalue weighted by Crippen LogP contribution is -2.25. The molecule has 4 nitrogen and oxygen atoms in total. The number of benzene rings is 1. The summed E-state index contributed by atoms with van der Waals surface area (Å²) in [7, 11) is -0.528. The molecular formula is C11H16O4S. The summed E-state index contributed by atoms with van der Waals surface area (Å²) in [4.78, 5) is 0.328. The van der Waals surface area contributed by atoms with Crippen molar-refractivity contribution in [2.45, 2.75) is 18.1 Å². The number of sulfone groups is 1. The summed E-state index contributed by atoms with van der Waals surface area (Å²) in [6.07, 6.45) is -0.732. The summed E-state index contributed by atoms with van der Waals surface area (Å²) in [5.41, 5.74) is 0.730. The highest BCUT2D eigenvalue weighted by Gasteiger charge is 2.22. The third-order valence-corrected chi connectivity index (χ3v) is 4.15. The Hall–Kier alpha value is -0.910. The quantitative estimate of drug-likeness (QED) is 0.734. The average Bonchev–Trinajstić information content (AvgIpc) is 2.26. The SMILES string of the molecule is COC(CS(=O)(=O)c1ccccc1C)OC. The first kappa shape index (κ1) is 13.2. The third-order valence-electron chi connectivity index (χ3n) is 2.31. The normalized spacial score (nSPS) is 12.0. The van der Waals surface area contributed by atoms with Gasteiger partial charge in [-0.2, -0.15) is 0 Å². The molecule has 0 aliphatic rings. The van der Waals surface area contributed by atoms with Gasteiger partial charge in [0.25, 0.3) is 0 Å². The van der Waals surface area contributed by atoms with E-state index in [4.69, 9.17) is 9.47 Å². The zero-order chi connectivity index (χ0) is 12.2. The van der Waals surface area contributed by atoms with Crippen molar-refractivity contribution in [3.05, 3.63) is 29.8 Å². The largest absolute Gasteiger partial charge is 0.355 e. The van der Waals surface area contributed by atoms with Crippen molar-refractivity contribution >= 4 is 9.84 Å². The summed E-state index contributed by atoms with van der Waals surface area (Å²) in [6, 6.07) is 6.86. The Balaban J connectivity index is 2.99. The van der Waals surface area contributed by atoms with E-state index in [-0.39, 0.29) is 5.75 Å². The van der Waals surface area contributed by atoms with Gasteiger partial charge in [0.1, 0.15) is 5.75 Å². The van der Waals surface area contributed by atoms with Gasteiger partial charge in [0.15, 0.2) is 16.1 Å². The van der Waals surface area contributed by atoms with Crippen molar-refractivity contribution in [3.63, 3.8) is 0 Å². The predicted molar refractivity (Wildman–Crippen MR) is 61.0 cm³/mol. The minimum Gasteiger partial charge on any atom is -0.355 e. The van der Waals surface area contributed by atoms with Crippen LogP contribution < -0.4 is 0 Å². The van der Waals surface area contributed by atoms with Gasteiger partial charge in [-0.05, 0) is 18.6 Å². The molecule has 0 saturated heterocycles. The lowest BCUT2D eigenvalue weighted by atomic mass is 10.2. The molecule has 0 bridgehead atoms. The van der Waals surface area contributed by atoms with Crippen LogP contribution in [0.15, 0.2) is 29.2 Å². The number of rotatable bonds is 5. The Morgan fingerprint density at radius 1 is 1.19 bits per heavy atom. The minimum atomic E-state index is -3.36. The summed E-state index contributed by atoms with van der Waals surface area (Å²) in [6.45, 7) is 1.77. The smallest absolute Gasteiger partial charge is 0.183 e. The van der Waals surface area contributed by atoms with E-state index >= 15 is 0 Å². The van der Waals surface area contributed by atoms with Crippen LogP contribution in [-0.2, 0) is 19.3 Å². The Kier molecular flexibility index (Phi) is 4.46. The van der Waals surface area contributed by atoms with Crippen molar-refractivity contribution < 1.29 is 17.9 Å². The molecule has 1 aromatic rings. The van der Waals surface area contributed by atoms with Crippen LogP contribution in [0.5, 0.6) is 0 Å². The van der Waals surface area contributed by atoms with Crippen LogP contribution in [0.3, 0.4) is 0 Å². The van der Waals surface area contributed by atoms with E-state index in [2.05, 4.69) is 0 Å². The van der Waals surface area contributed by atoms with Crippen LogP contribution in [0.2, 0.25) is 0 Å². The van der Waals surface area contributed by atoms with Gasteiger partial charge in [-0.15, -0.1) is 0 Å². The van der Waals surface area contributed by atoms with Gasteiger partial charge in [0.2, 0.25) is 0 Å². The van der Waals surface area contributed by atoms with Gasteiger partial charge in [-0.1, -0.05) is 18.2 Å².